The zero-order valence-corrected chi connectivity index (χ0v) is 12.2. The molecule has 1 aliphatic heterocycles. The van der Waals surface area contributed by atoms with Crippen LogP contribution in [0.25, 0.3) is 0 Å². The van der Waals surface area contributed by atoms with Gasteiger partial charge in [-0.15, -0.1) is 0 Å². The molecule has 20 heavy (non-hydrogen) atoms. The third-order valence-corrected chi connectivity index (χ3v) is 4.15. The third-order valence-electron chi connectivity index (χ3n) is 3.07. The number of rotatable bonds is 4. The fourth-order valence-corrected chi connectivity index (χ4v) is 2.73. The van der Waals surface area contributed by atoms with Gasteiger partial charge in [-0.2, -0.15) is 0 Å². The first-order chi connectivity index (χ1) is 9.69. The number of carbonyl (C=O) groups is 1. The van der Waals surface area contributed by atoms with Crippen LogP contribution in [0.4, 0.5) is 4.79 Å². The summed E-state index contributed by atoms with van der Waals surface area (Å²) >= 11 is 0. The lowest BCUT2D eigenvalue weighted by atomic mass is 10.2. The molecular weight excluding hydrogens is 278 g/mol. The average Bonchev–Trinajstić information content (AvgIpc) is 2.48. The highest BCUT2D eigenvalue weighted by atomic mass is 32.2. The minimum atomic E-state index is -1.57. The van der Waals surface area contributed by atoms with Crippen molar-refractivity contribution in [1.29, 1.82) is 0 Å². The first-order valence-corrected chi connectivity index (χ1v) is 7.72. The van der Waals surface area contributed by atoms with Crippen LogP contribution in [0.2, 0.25) is 0 Å². The Morgan fingerprint density at radius 3 is 2.45 bits per heavy atom. The Labute approximate surface area is 121 Å². The van der Waals surface area contributed by atoms with Crippen molar-refractivity contribution in [3.63, 3.8) is 0 Å². The number of amides is 2. The van der Waals surface area contributed by atoms with Crippen LogP contribution in [0.3, 0.4) is 0 Å². The van der Waals surface area contributed by atoms with Gasteiger partial charge in [-0.25, -0.2) is 14.0 Å². The highest BCUT2D eigenvalue weighted by Gasteiger charge is 2.14. The molecule has 0 spiro atoms. The Balaban J connectivity index is 1.84. The van der Waals surface area contributed by atoms with E-state index in [0.717, 1.165) is 25.9 Å². The van der Waals surface area contributed by atoms with E-state index in [-0.39, 0.29) is 0 Å². The molecule has 1 aromatic rings. The smallest absolute Gasteiger partial charge is 0.341 e. The molecule has 110 valence electrons. The summed E-state index contributed by atoms with van der Waals surface area (Å²) < 4.78 is 19.4. The van der Waals surface area contributed by atoms with E-state index in [1.807, 2.05) is 5.01 Å². The summed E-state index contributed by atoms with van der Waals surface area (Å²) in [5.74, 6) is 0.684. The number of urea groups is 1. The quantitative estimate of drug-likeness (QED) is 0.882. The number of methoxy groups -OCH3 is 1. The Morgan fingerprint density at radius 1 is 1.20 bits per heavy atom. The van der Waals surface area contributed by atoms with Crippen molar-refractivity contribution in [1.82, 2.24) is 15.2 Å². The molecule has 1 fully saturated rings. The van der Waals surface area contributed by atoms with E-state index in [2.05, 4.69) is 10.1 Å². The largest absolute Gasteiger partial charge is 0.497 e. The van der Waals surface area contributed by atoms with Crippen molar-refractivity contribution in [2.24, 2.45) is 0 Å². The second kappa shape index (κ2) is 7.25. The summed E-state index contributed by atoms with van der Waals surface area (Å²) in [5, 5.41) is 1.85. The molecule has 1 aliphatic rings. The summed E-state index contributed by atoms with van der Waals surface area (Å²) in [6, 6.07) is 6.29. The SMILES string of the molecule is COc1ccc(S(=O)NC(=O)NN2CCCCC2)cc1. The van der Waals surface area contributed by atoms with E-state index in [9.17, 15) is 9.00 Å². The monoisotopic (exact) mass is 297 g/mol. The van der Waals surface area contributed by atoms with Crippen LogP contribution in [0.1, 0.15) is 19.3 Å². The molecule has 0 aromatic heterocycles. The van der Waals surface area contributed by atoms with Gasteiger partial charge >= 0.3 is 6.03 Å². The molecule has 2 N–H and O–H groups in total. The van der Waals surface area contributed by atoms with Gasteiger partial charge in [-0.1, -0.05) is 6.42 Å². The highest BCUT2D eigenvalue weighted by molar-refractivity contribution is 7.83. The molecule has 2 amide bonds. The summed E-state index contributed by atoms with van der Waals surface area (Å²) in [6.07, 6.45) is 3.33. The number of ether oxygens (including phenoxy) is 1. The zero-order valence-electron chi connectivity index (χ0n) is 11.4. The van der Waals surface area contributed by atoms with Gasteiger partial charge < -0.3 is 4.74 Å². The molecule has 0 bridgehead atoms. The number of nitrogens with zero attached hydrogens (tertiary/aromatic N) is 1. The first kappa shape index (κ1) is 14.8. The van der Waals surface area contributed by atoms with Gasteiger partial charge in [0.05, 0.1) is 12.0 Å². The van der Waals surface area contributed by atoms with Crippen molar-refractivity contribution in [2.75, 3.05) is 20.2 Å². The number of hydrogen-bond acceptors (Lipinski definition) is 4. The van der Waals surface area contributed by atoms with Gasteiger partial charge in [0.2, 0.25) is 0 Å². The number of carbonyl (C=O) groups excluding carboxylic acids is 1. The normalized spacial score (nSPS) is 17.2. The summed E-state index contributed by atoms with van der Waals surface area (Å²) in [7, 11) is -0.00658. The predicted molar refractivity (Wildman–Crippen MR) is 76.5 cm³/mol. The maximum atomic E-state index is 12.0. The van der Waals surface area contributed by atoms with Crippen molar-refractivity contribution in [2.45, 2.75) is 24.2 Å². The summed E-state index contributed by atoms with van der Waals surface area (Å²) in [5.41, 5.74) is 2.71. The molecule has 1 atom stereocenters. The number of nitrogens with one attached hydrogen (secondary N) is 2. The average molecular weight is 297 g/mol. The molecule has 6 nitrogen and oxygen atoms in total. The third kappa shape index (κ3) is 4.21. The molecule has 7 heteroatoms. The number of hydrazine groups is 1. The van der Waals surface area contributed by atoms with Crippen molar-refractivity contribution in [3.05, 3.63) is 24.3 Å². The van der Waals surface area contributed by atoms with E-state index in [1.165, 1.54) is 6.42 Å². The first-order valence-electron chi connectivity index (χ1n) is 6.57. The van der Waals surface area contributed by atoms with Crippen LogP contribution in [0.15, 0.2) is 29.2 Å². The lowest BCUT2D eigenvalue weighted by Crippen LogP contribution is -2.49. The van der Waals surface area contributed by atoms with E-state index in [1.54, 1.807) is 31.4 Å². The van der Waals surface area contributed by atoms with Gasteiger partial charge in [0.1, 0.15) is 5.75 Å². The maximum Gasteiger partial charge on any atom is 0.341 e. The minimum absolute atomic E-state index is 0.443. The minimum Gasteiger partial charge on any atom is -0.497 e. The molecular formula is C13H19N3O3S. The van der Waals surface area contributed by atoms with Crippen LogP contribution < -0.4 is 14.9 Å². The number of piperidine rings is 1. The van der Waals surface area contributed by atoms with Crippen LogP contribution >= 0.6 is 0 Å². The number of hydrogen-bond donors (Lipinski definition) is 2. The summed E-state index contributed by atoms with van der Waals surface area (Å²) in [6.45, 7) is 1.67. The lowest BCUT2D eigenvalue weighted by molar-refractivity contribution is 0.158. The molecule has 0 aliphatic carbocycles. The lowest BCUT2D eigenvalue weighted by Gasteiger charge is -2.26. The molecule has 1 unspecified atom stereocenters. The maximum absolute atomic E-state index is 12.0. The summed E-state index contributed by atoms with van der Waals surface area (Å²) in [4.78, 5) is 12.3. The van der Waals surface area contributed by atoms with Crippen molar-refractivity contribution >= 4 is 17.0 Å². The van der Waals surface area contributed by atoms with Gasteiger partial charge in [-0.05, 0) is 37.1 Å². The molecule has 1 saturated heterocycles. The van der Waals surface area contributed by atoms with E-state index in [4.69, 9.17) is 4.74 Å². The van der Waals surface area contributed by atoms with Gasteiger partial charge in [0, 0.05) is 13.1 Å². The molecule has 0 saturated carbocycles. The van der Waals surface area contributed by atoms with Gasteiger partial charge in [0.15, 0.2) is 11.0 Å². The van der Waals surface area contributed by atoms with Crippen LogP contribution in [-0.4, -0.2) is 35.4 Å². The zero-order chi connectivity index (χ0) is 14.4. The van der Waals surface area contributed by atoms with Crippen molar-refractivity contribution in [3.8, 4) is 5.75 Å². The molecule has 2 rings (SSSR count). The Hall–Kier alpha value is -1.60. The second-order valence-corrected chi connectivity index (χ2v) is 5.75. The molecule has 1 aromatic carbocycles. The second-order valence-electron chi connectivity index (χ2n) is 4.53. The number of benzene rings is 1. The highest BCUT2D eigenvalue weighted by Crippen LogP contribution is 2.13. The topological polar surface area (TPSA) is 70.7 Å². The fraction of sp³-hybridized carbons (Fsp3) is 0.462. The van der Waals surface area contributed by atoms with Crippen LogP contribution in [0, 0.1) is 0 Å². The van der Waals surface area contributed by atoms with Crippen molar-refractivity contribution < 1.29 is 13.7 Å². The predicted octanol–water partition coefficient (Wildman–Crippen LogP) is 1.42. The van der Waals surface area contributed by atoms with E-state index >= 15 is 0 Å². The fourth-order valence-electron chi connectivity index (χ4n) is 2.01. The van der Waals surface area contributed by atoms with E-state index in [0.29, 0.717) is 10.6 Å². The molecule has 1 heterocycles. The molecule has 0 radical (unpaired) electrons. The Bertz CT molecular complexity index is 472. The van der Waals surface area contributed by atoms with Gasteiger partial charge in [-0.3, -0.25) is 10.1 Å². The Kier molecular flexibility index (Phi) is 5.37. The van der Waals surface area contributed by atoms with Crippen LogP contribution in [-0.2, 0) is 11.0 Å². The van der Waals surface area contributed by atoms with Crippen LogP contribution in [0.5, 0.6) is 5.75 Å². The van der Waals surface area contributed by atoms with Gasteiger partial charge in [0.25, 0.3) is 0 Å². The standard InChI is InChI=1S/C13H19N3O3S/c1-19-11-5-7-12(8-6-11)20(18)15-13(17)14-16-9-3-2-4-10-16/h5-8H,2-4,9-10H2,1H3,(H2,14,15,17). The Morgan fingerprint density at radius 2 is 1.85 bits per heavy atom. The van der Waals surface area contributed by atoms with E-state index < -0.39 is 17.0 Å².